The van der Waals surface area contributed by atoms with E-state index in [0.717, 1.165) is 40.4 Å². The highest BCUT2D eigenvalue weighted by molar-refractivity contribution is 5.80. The first-order valence-corrected chi connectivity index (χ1v) is 10.5. The molecule has 6 rings (SSSR count). The molecule has 28 heavy (non-hydrogen) atoms. The van der Waals surface area contributed by atoms with Crippen LogP contribution in [0.2, 0.25) is 0 Å². The monoisotopic (exact) mass is 381 g/mol. The molecular weight excluding hydrogens is 353 g/mol. The molecule has 5 heteroatoms. The first kappa shape index (κ1) is 17.9. The Bertz CT molecular complexity index is 879. The van der Waals surface area contributed by atoms with Crippen LogP contribution in [0.1, 0.15) is 55.5 Å². The molecular formula is C23H28FN3O. The number of benzene rings is 1. The second kappa shape index (κ2) is 6.43. The zero-order valence-corrected chi connectivity index (χ0v) is 16.7. The fourth-order valence-corrected chi connectivity index (χ4v) is 6.53. The van der Waals surface area contributed by atoms with Crippen molar-refractivity contribution in [3.05, 3.63) is 47.0 Å². The van der Waals surface area contributed by atoms with E-state index in [1.165, 1.54) is 50.7 Å². The number of carbonyl (C=O) groups excluding carboxylic acids is 1. The van der Waals surface area contributed by atoms with Crippen LogP contribution in [0, 0.1) is 37.4 Å². The molecule has 1 amide bonds. The number of nitrogens with one attached hydrogen (secondary N) is 1. The molecule has 4 aliphatic carbocycles. The van der Waals surface area contributed by atoms with Gasteiger partial charge in [-0.15, -0.1) is 0 Å². The second-order valence-electron chi connectivity index (χ2n) is 9.46. The summed E-state index contributed by atoms with van der Waals surface area (Å²) in [5.74, 6) is 2.30. The highest BCUT2D eigenvalue weighted by Crippen LogP contribution is 2.55. The minimum absolute atomic E-state index is 0.0423. The van der Waals surface area contributed by atoms with E-state index in [2.05, 4.69) is 10.4 Å². The van der Waals surface area contributed by atoms with Gasteiger partial charge in [0.15, 0.2) is 0 Å². The number of amides is 1. The minimum Gasteiger partial charge on any atom is -0.350 e. The molecule has 1 aromatic carbocycles. The summed E-state index contributed by atoms with van der Waals surface area (Å²) in [6.45, 7) is 3.93. The third kappa shape index (κ3) is 3.05. The number of nitrogens with zero attached hydrogens (tertiary/aromatic N) is 2. The SMILES string of the molecule is Cc1nn(-c2ccc(F)cc2)c(C)c1CC(=O)NC12CC3CC(CC(C3)C1)C2. The molecule has 148 valence electrons. The number of hydrogen-bond donors (Lipinski definition) is 1. The Morgan fingerprint density at radius 1 is 1.11 bits per heavy atom. The van der Waals surface area contributed by atoms with E-state index >= 15 is 0 Å². The van der Waals surface area contributed by atoms with E-state index in [0.29, 0.717) is 6.42 Å². The van der Waals surface area contributed by atoms with Gasteiger partial charge in [0.2, 0.25) is 5.91 Å². The first-order valence-electron chi connectivity index (χ1n) is 10.5. The standard InChI is InChI=1S/C23H28FN3O/c1-14-21(15(2)27(26-14)20-5-3-19(24)4-6-20)10-22(28)25-23-11-16-7-17(12-23)9-18(8-16)13-23/h3-6,16-18H,7-13H2,1-2H3,(H,25,28). The van der Waals surface area contributed by atoms with E-state index in [1.54, 1.807) is 12.1 Å². The maximum absolute atomic E-state index is 13.2. The molecule has 0 unspecified atom stereocenters. The van der Waals surface area contributed by atoms with Gasteiger partial charge in [0.05, 0.1) is 17.8 Å². The number of aryl methyl sites for hydroxylation is 1. The predicted molar refractivity (Wildman–Crippen MR) is 106 cm³/mol. The van der Waals surface area contributed by atoms with Crippen molar-refractivity contribution >= 4 is 5.91 Å². The van der Waals surface area contributed by atoms with E-state index in [1.807, 2.05) is 18.5 Å². The van der Waals surface area contributed by atoms with Crippen molar-refractivity contribution in [1.29, 1.82) is 0 Å². The molecule has 0 atom stereocenters. The molecule has 4 bridgehead atoms. The summed E-state index contributed by atoms with van der Waals surface area (Å²) in [5.41, 5.74) is 3.65. The zero-order valence-electron chi connectivity index (χ0n) is 16.7. The van der Waals surface area contributed by atoms with Crippen LogP contribution in [0.4, 0.5) is 4.39 Å². The maximum Gasteiger partial charge on any atom is 0.224 e. The van der Waals surface area contributed by atoms with Gasteiger partial charge in [0.25, 0.3) is 0 Å². The maximum atomic E-state index is 13.2. The number of halogens is 1. The lowest BCUT2D eigenvalue weighted by Crippen LogP contribution is -2.60. The van der Waals surface area contributed by atoms with E-state index in [9.17, 15) is 9.18 Å². The third-order valence-corrected chi connectivity index (χ3v) is 7.29. The van der Waals surface area contributed by atoms with Crippen molar-refractivity contribution in [2.45, 2.75) is 64.3 Å². The fraction of sp³-hybridized carbons (Fsp3) is 0.565. The molecule has 1 aromatic heterocycles. The summed E-state index contributed by atoms with van der Waals surface area (Å²) in [4.78, 5) is 13.0. The summed E-state index contributed by atoms with van der Waals surface area (Å²) in [7, 11) is 0. The van der Waals surface area contributed by atoms with Crippen molar-refractivity contribution in [3.8, 4) is 5.69 Å². The molecule has 1 heterocycles. The lowest BCUT2D eigenvalue weighted by Gasteiger charge is -2.56. The molecule has 0 saturated heterocycles. The highest BCUT2D eigenvalue weighted by Gasteiger charge is 2.51. The van der Waals surface area contributed by atoms with Gasteiger partial charge in [-0.1, -0.05) is 0 Å². The number of rotatable bonds is 4. The quantitative estimate of drug-likeness (QED) is 0.860. The summed E-state index contributed by atoms with van der Waals surface area (Å²) >= 11 is 0. The minimum atomic E-state index is -0.263. The number of carbonyl (C=O) groups is 1. The highest BCUT2D eigenvalue weighted by atomic mass is 19.1. The molecule has 4 fully saturated rings. The fourth-order valence-electron chi connectivity index (χ4n) is 6.53. The predicted octanol–water partition coefficient (Wildman–Crippen LogP) is 4.26. The van der Waals surface area contributed by atoms with Crippen LogP contribution < -0.4 is 5.32 Å². The van der Waals surface area contributed by atoms with Crippen LogP contribution in [0.5, 0.6) is 0 Å². The van der Waals surface area contributed by atoms with Crippen molar-refractivity contribution < 1.29 is 9.18 Å². The van der Waals surface area contributed by atoms with Crippen LogP contribution in [-0.4, -0.2) is 21.2 Å². The van der Waals surface area contributed by atoms with Gasteiger partial charge in [-0.25, -0.2) is 9.07 Å². The first-order chi connectivity index (χ1) is 13.4. The Hall–Kier alpha value is -2.17. The normalized spacial score (nSPS) is 30.6. The molecule has 0 spiro atoms. The van der Waals surface area contributed by atoms with Gasteiger partial charge >= 0.3 is 0 Å². The molecule has 1 N–H and O–H groups in total. The van der Waals surface area contributed by atoms with Gasteiger partial charge in [-0.2, -0.15) is 5.10 Å². The summed E-state index contributed by atoms with van der Waals surface area (Å²) in [6.07, 6.45) is 7.97. The van der Waals surface area contributed by atoms with Crippen LogP contribution >= 0.6 is 0 Å². The molecule has 4 saturated carbocycles. The van der Waals surface area contributed by atoms with Gasteiger partial charge in [-0.3, -0.25) is 4.79 Å². The smallest absolute Gasteiger partial charge is 0.224 e. The average molecular weight is 381 g/mol. The number of hydrogen-bond acceptors (Lipinski definition) is 2. The topological polar surface area (TPSA) is 46.9 Å². The largest absolute Gasteiger partial charge is 0.350 e. The lowest BCUT2D eigenvalue weighted by atomic mass is 9.53. The molecule has 4 aliphatic rings. The van der Waals surface area contributed by atoms with Gasteiger partial charge < -0.3 is 5.32 Å². The van der Waals surface area contributed by atoms with Crippen LogP contribution in [0.3, 0.4) is 0 Å². The van der Waals surface area contributed by atoms with Crippen molar-refractivity contribution in [3.63, 3.8) is 0 Å². The van der Waals surface area contributed by atoms with Crippen LogP contribution in [0.15, 0.2) is 24.3 Å². The van der Waals surface area contributed by atoms with Gasteiger partial charge in [0.1, 0.15) is 5.82 Å². The van der Waals surface area contributed by atoms with Crippen LogP contribution in [0.25, 0.3) is 5.69 Å². The lowest BCUT2D eigenvalue weighted by molar-refractivity contribution is -0.126. The summed E-state index contributed by atoms with van der Waals surface area (Å²) in [6, 6.07) is 6.30. The number of aromatic nitrogens is 2. The van der Waals surface area contributed by atoms with E-state index in [-0.39, 0.29) is 17.3 Å². The second-order valence-corrected chi connectivity index (χ2v) is 9.46. The summed E-state index contributed by atoms with van der Waals surface area (Å²) < 4.78 is 15.0. The van der Waals surface area contributed by atoms with Crippen LogP contribution in [-0.2, 0) is 11.2 Å². The van der Waals surface area contributed by atoms with E-state index in [4.69, 9.17) is 0 Å². The Kier molecular flexibility index (Phi) is 4.11. The van der Waals surface area contributed by atoms with Gasteiger partial charge in [-0.05, 0) is 94.4 Å². The molecule has 0 radical (unpaired) electrons. The van der Waals surface area contributed by atoms with Crippen molar-refractivity contribution in [1.82, 2.24) is 15.1 Å². The Labute approximate surface area is 165 Å². The third-order valence-electron chi connectivity index (χ3n) is 7.29. The Morgan fingerprint density at radius 2 is 1.68 bits per heavy atom. The average Bonchev–Trinajstić information content (AvgIpc) is 2.89. The summed E-state index contributed by atoms with van der Waals surface area (Å²) in [5, 5.41) is 8.06. The van der Waals surface area contributed by atoms with Crippen molar-refractivity contribution in [2.24, 2.45) is 17.8 Å². The molecule has 0 aliphatic heterocycles. The molecule has 4 nitrogen and oxygen atoms in total. The van der Waals surface area contributed by atoms with Gasteiger partial charge in [0, 0.05) is 16.8 Å². The Balaban J connectivity index is 1.34. The Morgan fingerprint density at radius 3 is 2.25 bits per heavy atom. The van der Waals surface area contributed by atoms with E-state index < -0.39 is 0 Å². The molecule has 2 aromatic rings. The van der Waals surface area contributed by atoms with Crippen molar-refractivity contribution in [2.75, 3.05) is 0 Å². The zero-order chi connectivity index (χ0) is 19.5.